The van der Waals surface area contributed by atoms with Gasteiger partial charge < -0.3 is 0 Å². The average Bonchev–Trinajstić information content (AvgIpc) is 1.95. The van der Waals surface area contributed by atoms with Gasteiger partial charge in [-0.2, -0.15) is 0 Å². The molecule has 0 rings (SSSR count). The highest BCUT2D eigenvalue weighted by Gasteiger charge is 2.29. The average molecular weight is 212 g/mol. The zero-order chi connectivity index (χ0) is 11.6. The molecule has 0 amide bonds. The summed E-state index contributed by atoms with van der Waals surface area (Å²) in [7, 11) is 0. The topological polar surface area (TPSA) is 0 Å². The van der Waals surface area contributed by atoms with Gasteiger partial charge in [-0.25, -0.2) is 0 Å². The van der Waals surface area contributed by atoms with E-state index in [-0.39, 0.29) is 5.41 Å². The van der Waals surface area contributed by atoms with Crippen molar-refractivity contribution in [3.63, 3.8) is 0 Å². The molecule has 0 aliphatic carbocycles. The minimum atomic E-state index is 0.193. The van der Waals surface area contributed by atoms with Crippen LogP contribution in [0.2, 0.25) is 0 Å². The van der Waals surface area contributed by atoms with E-state index in [1.807, 2.05) is 11.8 Å². The van der Waals surface area contributed by atoms with Crippen molar-refractivity contribution < 1.29 is 0 Å². The fourth-order valence-corrected chi connectivity index (χ4v) is 2.20. The molecule has 0 heterocycles. The third-order valence-electron chi connectivity index (χ3n) is 2.50. The summed E-state index contributed by atoms with van der Waals surface area (Å²) in [5.74, 6) is 2.91. The minimum Gasteiger partial charge on any atom is -0.141 e. The molecule has 0 aromatic rings. The lowest BCUT2D eigenvalue weighted by Gasteiger charge is -2.33. The molecule has 0 spiro atoms. The first kappa shape index (κ1) is 13.9. The van der Waals surface area contributed by atoms with Crippen molar-refractivity contribution in [2.75, 3.05) is 0 Å². The van der Waals surface area contributed by atoms with Crippen molar-refractivity contribution in [3.05, 3.63) is 0 Å². The van der Waals surface area contributed by atoms with Gasteiger partial charge in [0, 0.05) is 5.25 Å². The van der Waals surface area contributed by atoms with Gasteiger partial charge >= 0.3 is 0 Å². The second-order valence-electron chi connectivity index (χ2n) is 6.06. The van der Waals surface area contributed by atoms with Crippen LogP contribution in [0.4, 0.5) is 0 Å². The molecule has 0 nitrogen and oxygen atoms in total. The standard InChI is InChI=1S/C13H24S/c1-9-11(13(6,7)8)14-10(2)12(3,4)5/h1,10-11H,2-8H3. The van der Waals surface area contributed by atoms with E-state index in [1.54, 1.807) is 0 Å². The summed E-state index contributed by atoms with van der Waals surface area (Å²) in [6.07, 6.45) is 5.58. The highest BCUT2D eigenvalue weighted by molar-refractivity contribution is 8.00. The van der Waals surface area contributed by atoms with Crippen LogP contribution in [0.15, 0.2) is 0 Å². The van der Waals surface area contributed by atoms with Crippen molar-refractivity contribution in [3.8, 4) is 12.3 Å². The summed E-state index contributed by atoms with van der Waals surface area (Å²) < 4.78 is 0. The third kappa shape index (κ3) is 4.42. The molecule has 2 atom stereocenters. The van der Waals surface area contributed by atoms with Crippen LogP contribution in [0, 0.1) is 23.2 Å². The van der Waals surface area contributed by atoms with Gasteiger partial charge in [-0.1, -0.05) is 54.4 Å². The van der Waals surface area contributed by atoms with Gasteiger partial charge in [0.05, 0.1) is 5.25 Å². The molecule has 0 N–H and O–H groups in total. The first-order valence-corrected chi connectivity index (χ1v) is 6.15. The molecule has 14 heavy (non-hydrogen) atoms. The van der Waals surface area contributed by atoms with Crippen LogP contribution < -0.4 is 0 Å². The van der Waals surface area contributed by atoms with Gasteiger partial charge in [-0.3, -0.25) is 0 Å². The molecule has 82 valence electrons. The third-order valence-corrected chi connectivity index (χ3v) is 4.73. The fraction of sp³-hybridized carbons (Fsp3) is 0.846. The number of rotatable bonds is 2. The van der Waals surface area contributed by atoms with Crippen molar-refractivity contribution in [1.29, 1.82) is 0 Å². The van der Waals surface area contributed by atoms with Crippen LogP contribution in [0.3, 0.4) is 0 Å². The van der Waals surface area contributed by atoms with Gasteiger partial charge in [0.15, 0.2) is 0 Å². The van der Waals surface area contributed by atoms with E-state index < -0.39 is 0 Å². The van der Waals surface area contributed by atoms with Crippen molar-refractivity contribution in [1.82, 2.24) is 0 Å². The SMILES string of the molecule is C#CC(SC(C)C(C)(C)C)C(C)(C)C. The Morgan fingerprint density at radius 3 is 1.64 bits per heavy atom. The zero-order valence-electron chi connectivity index (χ0n) is 10.6. The summed E-state index contributed by atoms with van der Waals surface area (Å²) in [6.45, 7) is 15.7. The van der Waals surface area contributed by atoms with E-state index in [1.165, 1.54) is 0 Å². The second-order valence-corrected chi connectivity index (χ2v) is 7.51. The fourth-order valence-electron chi connectivity index (χ4n) is 0.902. The quantitative estimate of drug-likeness (QED) is 0.618. The van der Waals surface area contributed by atoms with Gasteiger partial charge in [-0.15, -0.1) is 18.2 Å². The lowest BCUT2D eigenvalue weighted by molar-refractivity contribution is 0.400. The Bertz CT molecular complexity index is 209. The Balaban J connectivity index is 4.45. The Morgan fingerprint density at radius 2 is 1.43 bits per heavy atom. The van der Waals surface area contributed by atoms with Crippen LogP contribution in [0.1, 0.15) is 48.5 Å². The number of hydrogen-bond donors (Lipinski definition) is 0. The first-order chi connectivity index (χ1) is 6.09. The maximum absolute atomic E-state index is 5.58. The zero-order valence-corrected chi connectivity index (χ0v) is 11.5. The summed E-state index contributed by atoms with van der Waals surface area (Å²) in [6, 6.07) is 0. The normalized spacial score (nSPS) is 17.3. The second kappa shape index (κ2) is 4.62. The Kier molecular flexibility index (Phi) is 4.59. The maximum Gasteiger partial charge on any atom is 0.0705 e. The van der Waals surface area contributed by atoms with E-state index in [2.05, 4.69) is 54.4 Å². The van der Waals surface area contributed by atoms with E-state index in [9.17, 15) is 0 Å². The van der Waals surface area contributed by atoms with Crippen LogP contribution in [-0.2, 0) is 0 Å². The largest absolute Gasteiger partial charge is 0.141 e. The molecule has 0 bridgehead atoms. The summed E-state index contributed by atoms with van der Waals surface area (Å²) in [4.78, 5) is 0. The predicted octanol–water partition coefficient (Wildman–Crippen LogP) is 4.20. The van der Waals surface area contributed by atoms with E-state index >= 15 is 0 Å². The lowest BCUT2D eigenvalue weighted by atomic mass is 9.92. The molecule has 0 aliphatic rings. The molecule has 0 fully saturated rings. The Labute approximate surface area is 94.2 Å². The van der Waals surface area contributed by atoms with Gasteiger partial charge in [0.1, 0.15) is 0 Å². The van der Waals surface area contributed by atoms with Gasteiger partial charge in [0.25, 0.3) is 0 Å². The highest BCUT2D eigenvalue weighted by Crippen LogP contribution is 2.38. The number of hydrogen-bond acceptors (Lipinski definition) is 1. The number of terminal acetylenes is 1. The monoisotopic (exact) mass is 212 g/mol. The Morgan fingerprint density at radius 1 is 1.00 bits per heavy atom. The van der Waals surface area contributed by atoms with Crippen LogP contribution in [-0.4, -0.2) is 10.5 Å². The van der Waals surface area contributed by atoms with Gasteiger partial charge in [0.2, 0.25) is 0 Å². The maximum atomic E-state index is 5.58. The minimum absolute atomic E-state index is 0.193. The summed E-state index contributed by atoms with van der Waals surface area (Å²) in [5, 5.41) is 0.888. The van der Waals surface area contributed by atoms with Crippen LogP contribution in [0.5, 0.6) is 0 Å². The molecule has 0 aliphatic heterocycles. The van der Waals surface area contributed by atoms with Gasteiger partial charge in [-0.05, 0) is 10.8 Å². The van der Waals surface area contributed by atoms with Crippen molar-refractivity contribution >= 4 is 11.8 Å². The molecule has 2 unspecified atom stereocenters. The molecule has 1 heteroatoms. The van der Waals surface area contributed by atoms with E-state index in [4.69, 9.17) is 6.42 Å². The molecule has 0 aromatic heterocycles. The van der Waals surface area contributed by atoms with Crippen LogP contribution >= 0.6 is 11.8 Å². The molecular weight excluding hydrogens is 188 g/mol. The highest BCUT2D eigenvalue weighted by atomic mass is 32.2. The first-order valence-electron chi connectivity index (χ1n) is 5.20. The smallest absolute Gasteiger partial charge is 0.0705 e. The van der Waals surface area contributed by atoms with Crippen molar-refractivity contribution in [2.24, 2.45) is 10.8 Å². The Hall–Kier alpha value is -0.0900. The molecule has 0 saturated carbocycles. The summed E-state index contributed by atoms with van der Waals surface area (Å²) >= 11 is 1.92. The molecule has 0 aromatic carbocycles. The molecule has 0 radical (unpaired) electrons. The molecular formula is C13H24S. The predicted molar refractivity (Wildman–Crippen MR) is 68.6 cm³/mol. The lowest BCUT2D eigenvalue weighted by Crippen LogP contribution is -2.28. The van der Waals surface area contributed by atoms with E-state index in [0.717, 1.165) is 0 Å². The van der Waals surface area contributed by atoms with Crippen molar-refractivity contribution in [2.45, 2.75) is 59.0 Å². The van der Waals surface area contributed by atoms with E-state index in [0.29, 0.717) is 15.9 Å². The summed E-state index contributed by atoms with van der Waals surface area (Å²) in [5.41, 5.74) is 0.518. The van der Waals surface area contributed by atoms with Crippen LogP contribution in [0.25, 0.3) is 0 Å². The number of thioether (sulfide) groups is 1. The molecule has 0 saturated heterocycles.